The van der Waals surface area contributed by atoms with Crippen LogP contribution in [0.4, 0.5) is 0 Å². The average Bonchev–Trinajstić information content (AvgIpc) is 3.56. The lowest BCUT2D eigenvalue weighted by molar-refractivity contribution is -0.124. The second-order valence-corrected chi connectivity index (χ2v) is 10.7. The zero-order chi connectivity index (χ0) is 26.9. The molecular weight excluding hydrogens is 498 g/mol. The number of hydrogen-bond acceptors (Lipinski definition) is 4. The topological polar surface area (TPSA) is 87.4 Å². The fraction of sp³-hybridized carbons (Fsp3) is 0.484. The number of benzene rings is 2. The molecule has 2 aromatic carbocycles. The van der Waals surface area contributed by atoms with E-state index in [4.69, 9.17) is 11.6 Å². The Morgan fingerprint density at radius 2 is 1.79 bits per heavy atom. The van der Waals surface area contributed by atoms with Crippen molar-refractivity contribution in [2.75, 3.05) is 6.61 Å². The van der Waals surface area contributed by atoms with Crippen LogP contribution in [0, 0.1) is 5.92 Å². The van der Waals surface area contributed by atoms with Crippen molar-refractivity contribution in [3.8, 4) is 0 Å². The van der Waals surface area contributed by atoms with Gasteiger partial charge in [0.05, 0.1) is 24.3 Å². The third-order valence-corrected chi connectivity index (χ3v) is 8.08. The summed E-state index contributed by atoms with van der Waals surface area (Å²) in [7, 11) is 0. The molecule has 0 radical (unpaired) electrons. The van der Waals surface area contributed by atoms with E-state index in [2.05, 4.69) is 41.5 Å². The van der Waals surface area contributed by atoms with E-state index in [0.717, 1.165) is 67.5 Å². The molecular formula is C31H40ClN3O3. The van der Waals surface area contributed by atoms with Gasteiger partial charge in [0.25, 0.3) is 0 Å². The molecule has 0 saturated heterocycles. The molecule has 204 valence electrons. The van der Waals surface area contributed by atoms with Crippen LogP contribution >= 0.6 is 11.6 Å². The summed E-state index contributed by atoms with van der Waals surface area (Å²) < 4.78 is 2.02. The predicted molar refractivity (Wildman–Crippen MR) is 151 cm³/mol. The molecule has 3 N–H and O–H groups in total. The summed E-state index contributed by atoms with van der Waals surface area (Å²) in [6.45, 7) is 2.57. The van der Waals surface area contributed by atoms with E-state index >= 15 is 0 Å². The summed E-state index contributed by atoms with van der Waals surface area (Å²) in [4.78, 5) is 18.3. The number of amides is 1. The molecule has 1 aliphatic rings. The van der Waals surface area contributed by atoms with E-state index < -0.39 is 0 Å². The van der Waals surface area contributed by atoms with Gasteiger partial charge in [0.15, 0.2) is 5.15 Å². The third-order valence-electron chi connectivity index (χ3n) is 7.78. The highest BCUT2D eigenvalue weighted by atomic mass is 35.5. The first-order chi connectivity index (χ1) is 18.5. The molecule has 0 aliphatic heterocycles. The molecule has 0 bridgehead atoms. The number of aryl methyl sites for hydroxylation is 1. The maximum absolute atomic E-state index is 13.7. The summed E-state index contributed by atoms with van der Waals surface area (Å²) in [5.41, 5.74) is 3.74. The van der Waals surface area contributed by atoms with Crippen molar-refractivity contribution in [2.45, 2.75) is 83.4 Å². The maximum Gasteiger partial charge on any atom is 0.228 e. The van der Waals surface area contributed by atoms with Crippen molar-refractivity contribution in [3.05, 3.63) is 88.0 Å². The van der Waals surface area contributed by atoms with Gasteiger partial charge in [-0.1, -0.05) is 92.4 Å². The first-order valence-corrected chi connectivity index (χ1v) is 14.3. The van der Waals surface area contributed by atoms with Crippen molar-refractivity contribution in [2.24, 2.45) is 5.92 Å². The van der Waals surface area contributed by atoms with Crippen LogP contribution in [0.1, 0.15) is 92.0 Å². The molecule has 0 spiro atoms. The SMILES string of the molecule is CCCCc1nc(Cl)c(CO)n1Cc1ccc(C(C(=O)NC(CCO)c2ccccc2)C2CCCC2)cc1. The highest BCUT2D eigenvalue weighted by Crippen LogP contribution is 2.38. The molecule has 6 nitrogen and oxygen atoms in total. The van der Waals surface area contributed by atoms with Gasteiger partial charge in [-0.25, -0.2) is 4.98 Å². The van der Waals surface area contributed by atoms with Crippen molar-refractivity contribution < 1.29 is 15.0 Å². The van der Waals surface area contributed by atoms with Gasteiger partial charge in [-0.15, -0.1) is 0 Å². The van der Waals surface area contributed by atoms with E-state index in [1.54, 1.807) is 0 Å². The molecule has 7 heteroatoms. The number of aromatic nitrogens is 2. The molecule has 3 aromatic rings. The second kappa shape index (κ2) is 13.9. The van der Waals surface area contributed by atoms with Crippen LogP contribution in [-0.2, 0) is 24.4 Å². The standard InChI is InChI=1S/C31H40ClN3O3/c1-2-3-13-28-34-30(32)27(21-37)35(28)20-22-14-16-25(17-15-22)29(24-11-7-8-12-24)31(38)33-26(18-19-36)23-9-5-4-6-10-23/h4-6,9-10,14-17,24,26,29,36-37H,2-3,7-8,11-13,18-21H2,1H3,(H,33,38). The van der Waals surface area contributed by atoms with Gasteiger partial charge in [-0.3, -0.25) is 4.79 Å². The van der Waals surface area contributed by atoms with Gasteiger partial charge in [0.1, 0.15) is 5.82 Å². The molecule has 2 atom stereocenters. The highest BCUT2D eigenvalue weighted by molar-refractivity contribution is 6.30. The number of hydrogen-bond donors (Lipinski definition) is 3. The zero-order valence-electron chi connectivity index (χ0n) is 22.3. The summed E-state index contributed by atoms with van der Waals surface area (Å²) in [5.74, 6) is 0.995. The van der Waals surface area contributed by atoms with Crippen LogP contribution in [0.25, 0.3) is 0 Å². The molecule has 1 saturated carbocycles. The fourth-order valence-corrected chi connectivity index (χ4v) is 5.97. The Morgan fingerprint density at radius 1 is 1.08 bits per heavy atom. The Hall–Kier alpha value is -2.67. The molecule has 1 fully saturated rings. The number of carbonyl (C=O) groups is 1. The van der Waals surface area contributed by atoms with Crippen molar-refractivity contribution in [1.29, 1.82) is 0 Å². The van der Waals surface area contributed by atoms with E-state index in [1.807, 2.05) is 34.9 Å². The molecule has 38 heavy (non-hydrogen) atoms. The van der Waals surface area contributed by atoms with Gasteiger partial charge in [0, 0.05) is 19.6 Å². The van der Waals surface area contributed by atoms with E-state index in [1.165, 1.54) is 0 Å². The lowest BCUT2D eigenvalue weighted by atomic mass is 9.83. The number of rotatable bonds is 13. The lowest BCUT2D eigenvalue weighted by Crippen LogP contribution is -2.36. The zero-order valence-corrected chi connectivity index (χ0v) is 23.0. The van der Waals surface area contributed by atoms with E-state index in [9.17, 15) is 15.0 Å². The minimum absolute atomic E-state index is 0.0109. The summed E-state index contributed by atoms with van der Waals surface area (Å²) in [6.07, 6.45) is 7.75. The smallest absolute Gasteiger partial charge is 0.228 e. The van der Waals surface area contributed by atoms with Gasteiger partial charge in [0.2, 0.25) is 5.91 Å². The van der Waals surface area contributed by atoms with Crippen LogP contribution in [0.15, 0.2) is 54.6 Å². The monoisotopic (exact) mass is 537 g/mol. The number of imidazole rings is 1. The van der Waals surface area contributed by atoms with Gasteiger partial charge < -0.3 is 20.1 Å². The van der Waals surface area contributed by atoms with Crippen LogP contribution < -0.4 is 5.32 Å². The first kappa shape index (κ1) is 28.3. The minimum atomic E-state index is -0.229. The van der Waals surface area contributed by atoms with Gasteiger partial charge in [-0.05, 0) is 48.3 Å². The Labute approximate surface area is 231 Å². The normalized spacial score (nSPS) is 15.5. The third kappa shape index (κ3) is 6.85. The van der Waals surface area contributed by atoms with Crippen molar-refractivity contribution >= 4 is 17.5 Å². The molecule has 1 amide bonds. The largest absolute Gasteiger partial charge is 0.396 e. The van der Waals surface area contributed by atoms with E-state index in [-0.39, 0.29) is 31.1 Å². The van der Waals surface area contributed by atoms with Crippen LogP contribution in [-0.4, -0.2) is 32.3 Å². The molecule has 2 unspecified atom stereocenters. The molecule has 4 rings (SSSR count). The number of aliphatic hydroxyl groups is 2. The van der Waals surface area contributed by atoms with Crippen LogP contribution in [0.5, 0.6) is 0 Å². The van der Waals surface area contributed by atoms with Crippen LogP contribution in [0.3, 0.4) is 0 Å². The first-order valence-electron chi connectivity index (χ1n) is 13.9. The van der Waals surface area contributed by atoms with E-state index in [0.29, 0.717) is 29.7 Å². The maximum atomic E-state index is 13.7. The summed E-state index contributed by atoms with van der Waals surface area (Å²) >= 11 is 6.33. The predicted octanol–water partition coefficient (Wildman–Crippen LogP) is 5.93. The number of halogens is 1. The Morgan fingerprint density at radius 3 is 2.42 bits per heavy atom. The molecule has 1 aliphatic carbocycles. The van der Waals surface area contributed by atoms with Gasteiger partial charge in [-0.2, -0.15) is 0 Å². The minimum Gasteiger partial charge on any atom is -0.396 e. The quantitative estimate of drug-likeness (QED) is 0.252. The fourth-order valence-electron chi connectivity index (χ4n) is 5.71. The summed E-state index contributed by atoms with van der Waals surface area (Å²) in [6, 6.07) is 17.9. The van der Waals surface area contributed by atoms with Crippen molar-refractivity contribution in [1.82, 2.24) is 14.9 Å². The number of unbranched alkanes of at least 4 members (excludes halogenated alkanes) is 1. The van der Waals surface area contributed by atoms with Crippen molar-refractivity contribution in [3.63, 3.8) is 0 Å². The Bertz CT molecular complexity index is 1160. The summed E-state index contributed by atoms with van der Waals surface area (Å²) in [5, 5.41) is 23.2. The lowest BCUT2D eigenvalue weighted by Gasteiger charge is -2.27. The van der Waals surface area contributed by atoms with Crippen LogP contribution in [0.2, 0.25) is 5.15 Å². The Balaban J connectivity index is 1.56. The molecule has 1 aromatic heterocycles. The second-order valence-electron chi connectivity index (χ2n) is 10.4. The number of aliphatic hydroxyl groups excluding tert-OH is 2. The number of carbonyl (C=O) groups excluding carboxylic acids is 1. The average molecular weight is 538 g/mol. The number of nitrogens with one attached hydrogen (secondary N) is 1. The number of nitrogens with zero attached hydrogens (tertiary/aromatic N) is 2. The van der Waals surface area contributed by atoms with Gasteiger partial charge >= 0.3 is 0 Å². The Kier molecular flexibility index (Phi) is 10.4. The molecule has 1 heterocycles. The highest BCUT2D eigenvalue weighted by Gasteiger charge is 2.33.